The summed E-state index contributed by atoms with van der Waals surface area (Å²) >= 11 is 0. The van der Waals surface area contributed by atoms with Crippen LogP contribution in [0.3, 0.4) is 0 Å². The number of aromatic amines is 1. The maximum Gasteiger partial charge on any atom is 0.352 e. The predicted octanol–water partition coefficient (Wildman–Crippen LogP) is -0.549. The minimum Gasteiger partial charge on any atom is -0.350 e. The summed E-state index contributed by atoms with van der Waals surface area (Å²) in [4.78, 5) is 23.9. The number of carbonyl (C=O) groups is 1. The van der Waals surface area contributed by atoms with E-state index in [1.54, 1.807) is 0 Å². The summed E-state index contributed by atoms with van der Waals surface area (Å²) in [5, 5.41) is 3.67. The van der Waals surface area contributed by atoms with Gasteiger partial charge in [0.1, 0.15) is 5.82 Å². The average Bonchev–Trinajstić information content (AvgIpc) is 2.32. The molecule has 0 aliphatic rings. The Morgan fingerprint density at radius 3 is 2.83 bits per heavy atom. The van der Waals surface area contributed by atoms with Gasteiger partial charge in [-0.1, -0.05) is 6.92 Å². The highest BCUT2D eigenvalue weighted by atomic mass is 16.2. The molecule has 0 spiro atoms. The highest BCUT2D eigenvalue weighted by molar-refractivity contribution is 5.73. The van der Waals surface area contributed by atoms with Crippen molar-refractivity contribution in [3.05, 3.63) is 16.3 Å². The number of hydrogen-bond donors (Lipinski definition) is 2. The van der Waals surface area contributed by atoms with Crippen molar-refractivity contribution in [1.29, 1.82) is 0 Å². The summed E-state index contributed by atoms with van der Waals surface area (Å²) in [6.45, 7) is 1.95. The molecule has 1 aromatic rings. The largest absolute Gasteiger partial charge is 0.352 e. The van der Waals surface area contributed by atoms with E-state index >= 15 is 0 Å². The molecule has 1 aromatic heterocycles. The van der Waals surface area contributed by atoms with Crippen LogP contribution in [0.1, 0.15) is 19.2 Å². The topological polar surface area (TPSA) is 93.8 Å². The zero-order valence-corrected chi connectivity index (χ0v) is 6.70. The van der Waals surface area contributed by atoms with E-state index in [0.717, 1.165) is 6.42 Å². The van der Waals surface area contributed by atoms with Gasteiger partial charge >= 0.3 is 11.7 Å². The van der Waals surface area contributed by atoms with E-state index < -0.39 is 11.7 Å². The van der Waals surface area contributed by atoms with Crippen LogP contribution in [0.15, 0.2) is 4.79 Å². The van der Waals surface area contributed by atoms with Crippen molar-refractivity contribution < 1.29 is 4.79 Å². The van der Waals surface area contributed by atoms with Crippen LogP contribution in [0.4, 0.5) is 4.79 Å². The summed E-state index contributed by atoms with van der Waals surface area (Å²) in [6, 6.07) is -0.862. The molecule has 1 rings (SSSR count). The molecule has 0 saturated heterocycles. The molecule has 66 valence electrons. The Kier molecular flexibility index (Phi) is 2.27. The number of hydrogen-bond acceptors (Lipinski definition) is 3. The first-order valence-electron chi connectivity index (χ1n) is 3.63. The molecule has 0 atom stereocenters. The normalized spacial score (nSPS) is 10.1. The van der Waals surface area contributed by atoms with E-state index in [0.29, 0.717) is 16.9 Å². The zero-order valence-electron chi connectivity index (χ0n) is 6.70. The summed E-state index contributed by atoms with van der Waals surface area (Å²) in [5.74, 6) is 0.487. The van der Waals surface area contributed by atoms with Crippen molar-refractivity contribution in [3.63, 3.8) is 0 Å². The number of aryl methyl sites for hydroxylation is 1. The molecule has 6 nitrogen and oxygen atoms in total. The third-order valence-electron chi connectivity index (χ3n) is 1.36. The van der Waals surface area contributed by atoms with Gasteiger partial charge in [-0.15, -0.1) is 9.78 Å². The Morgan fingerprint density at radius 2 is 2.42 bits per heavy atom. The molecule has 0 fully saturated rings. The van der Waals surface area contributed by atoms with Gasteiger partial charge in [-0.3, -0.25) is 4.98 Å². The van der Waals surface area contributed by atoms with Crippen molar-refractivity contribution in [2.24, 2.45) is 5.73 Å². The van der Waals surface area contributed by atoms with Crippen molar-refractivity contribution >= 4 is 6.03 Å². The smallest absolute Gasteiger partial charge is 0.350 e. The minimum atomic E-state index is -0.862. The molecule has 1 amide bonds. The lowest BCUT2D eigenvalue weighted by atomic mass is 10.3. The Balaban J connectivity index is 3.01. The van der Waals surface area contributed by atoms with Gasteiger partial charge in [0.05, 0.1) is 0 Å². The first-order chi connectivity index (χ1) is 5.65. The summed E-state index contributed by atoms with van der Waals surface area (Å²) < 4.78 is 0.616. The van der Waals surface area contributed by atoms with Crippen LogP contribution in [0, 0.1) is 0 Å². The van der Waals surface area contributed by atoms with Crippen LogP contribution >= 0.6 is 0 Å². The van der Waals surface area contributed by atoms with Crippen LogP contribution < -0.4 is 11.4 Å². The number of rotatable bonds is 2. The maximum atomic E-state index is 10.9. The molecule has 12 heavy (non-hydrogen) atoms. The zero-order chi connectivity index (χ0) is 9.14. The Bertz CT molecular complexity index is 338. The van der Waals surface area contributed by atoms with Crippen molar-refractivity contribution in [2.75, 3.05) is 0 Å². The van der Waals surface area contributed by atoms with Gasteiger partial charge in [0.25, 0.3) is 0 Å². The lowest BCUT2D eigenvalue weighted by Gasteiger charge is -1.88. The third-order valence-corrected chi connectivity index (χ3v) is 1.36. The van der Waals surface area contributed by atoms with Crippen LogP contribution in [0.25, 0.3) is 0 Å². The summed E-state index contributed by atoms with van der Waals surface area (Å²) in [7, 11) is 0. The summed E-state index contributed by atoms with van der Waals surface area (Å²) in [6.07, 6.45) is 1.49. The lowest BCUT2D eigenvalue weighted by molar-refractivity contribution is 0.247. The third kappa shape index (κ3) is 1.52. The van der Waals surface area contributed by atoms with E-state index in [-0.39, 0.29) is 0 Å². The second-order valence-corrected chi connectivity index (χ2v) is 2.38. The van der Waals surface area contributed by atoms with Gasteiger partial charge in [-0.25, -0.2) is 9.59 Å². The number of amides is 1. The van der Waals surface area contributed by atoms with Gasteiger partial charge in [0.2, 0.25) is 0 Å². The number of nitrogens with zero attached hydrogens (tertiary/aromatic N) is 2. The first kappa shape index (κ1) is 8.51. The monoisotopic (exact) mass is 170 g/mol. The number of primary amides is 1. The van der Waals surface area contributed by atoms with Crippen molar-refractivity contribution in [1.82, 2.24) is 14.8 Å². The SMILES string of the molecule is CCCc1nn(C(N)=O)c(=O)[nH]1. The fourth-order valence-corrected chi connectivity index (χ4v) is 0.866. The van der Waals surface area contributed by atoms with Crippen LogP contribution in [0.5, 0.6) is 0 Å². The molecule has 6 heteroatoms. The van der Waals surface area contributed by atoms with Gasteiger partial charge in [-0.2, -0.15) is 0 Å². The second kappa shape index (κ2) is 3.21. The van der Waals surface area contributed by atoms with Gasteiger partial charge in [0.15, 0.2) is 0 Å². The molecular formula is C6H10N4O2. The maximum absolute atomic E-state index is 10.9. The molecule has 0 bridgehead atoms. The number of aromatic nitrogens is 3. The average molecular weight is 170 g/mol. The Morgan fingerprint density at radius 1 is 1.75 bits per heavy atom. The highest BCUT2D eigenvalue weighted by Gasteiger charge is 2.07. The molecule has 3 N–H and O–H groups in total. The molecule has 1 heterocycles. The Labute approximate surface area is 68.4 Å². The first-order valence-corrected chi connectivity index (χ1v) is 3.63. The van der Waals surface area contributed by atoms with E-state index in [4.69, 9.17) is 5.73 Å². The Hall–Kier alpha value is -1.59. The van der Waals surface area contributed by atoms with Crippen LogP contribution in [-0.2, 0) is 6.42 Å². The standard InChI is InChI=1S/C6H10N4O2/c1-2-3-4-8-6(12)10(9-4)5(7)11/h2-3H2,1H3,(H2,7,11)(H,8,9,12). The summed E-state index contributed by atoms with van der Waals surface area (Å²) in [5.41, 5.74) is 4.29. The fraction of sp³-hybridized carbons (Fsp3) is 0.500. The number of nitrogens with two attached hydrogens (primary N) is 1. The number of nitrogens with one attached hydrogen (secondary N) is 1. The molecule has 0 unspecified atom stereocenters. The quantitative estimate of drug-likeness (QED) is 0.623. The molecular weight excluding hydrogens is 160 g/mol. The van der Waals surface area contributed by atoms with Crippen molar-refractivity contribution in [2.45, 2.75) is 19.8 Å². The van der Waals surface area contributed by atoms with Gasteiger partial charge in [0, 0.05) is 6.42 Å². The molecule has 0 aliphatic carbocycles. The van der Waals surface area contributed by atoms with Crippen molar-refractivity contribution in [3.8, 4) is 0 Å². The fourth-order valence-electron chi connectivity index (χ4n) is 0.866. The van der Waals surface area contributed by atoms with E-state index in [1.165, 1.54) is 0 Å². The predicted molar refractivity (Wildman–Crippen MR) is 41.8 cm³/mol. The van der Waals surface area contributed by atoms with Gasteiger partial charge in [-0.05, 0) is 6.42 Å². The van der Waals surface area contributed by atoms with E-state index in [2.05, 4.69) is 10.1 Å². The molecule has 0 saturated carbocycles. The molecule has 0 aromatic carbocycles. The van der Waals surface area contributed by atoms with E-state index in [9.17, 15) is 9.59 Å². The van der Waals surface area contributed by atoms with Gasteiger partial charge < -0.3 is 5.73 Å². The number of carbonyl (C=O) groups excluding carboxylic acids is 1. The van der Waals surface area contributed by atoms with Crippen LogP contribution in [-0.4, -0.2) is 20.8 Å². The molecule has 0 radical (unpaired) electrons. The second-order valence-electron chi connectivity index (χ2n) is 2.38. The van der Waals surface area contributed by atoms with E-state index in [1.807, 2.05) is 6.92 Å². The highest BCUT2D eigenvalue weighted by Crippen LogP contribution is 1.90. The number of H-pyrrole nitrogens is 1. The lowest BCUT2D eigenvalue weighted by Crippen LogP contribution is -2.30. The van der Waals surface area contributed by atoms with Crippen LogP contribution in [0.2, 0.25) is 0 Å². The molecule has 0 aliphatic heterocycles. The minimum absolute atomic E-state index is 0.487.